The molecule has 0 unspecified atom stereocenters. The average molecular weight is 228 g/mol. The molecule has 16 heavy (non-hydrogen) atoms. The van der Waals surface area contributed by atoms with Gasteiger partial charge in [-0.3, -0.25) is 4.79 Å². The Morgan fingerprint density at radius 3 is 2.69 bits per heavy atom. The summed E-state index contributed by atoms with van der Waals surface area (Å²) in [4.78, 5) is 23.2. The highest BCUT2D eigenvalue weighted by atomic mass is 16.4. The normalized spacial score (nSPS) is 14.6. The molecule has 2 amide bonds. The third-order valence-corrected chi connectivity index (χ3v) is 2.77. The van der Waals surface area contributed by atoms with Crippen molar-refractivity contribution in [2.45, 2.75) is 32.1 Å². The summed E-state index contributed by atoms with van der Waals surface area (Å²) < 4.78 is 0. The summed E-state index contributed by atoms with van der Waals surface area (Å²) in [7, 11) is 1.61. The highest BCUT2D eigenvalue weighted by Crippen LogP contribution is 2.33. The predicted octanol–water partition coefficient (Wildman–Crippen LogP) is 1.29. The summed E-state index contributed by atoms with van der Waals surface area (Å²) in [6.07, 6.45) is 4.88. The molecule has 0 saturated heterocycles. The van der Waals surface area contributed by atoms with Crippen LogP contribution in [0.5, 0.6) is 0 Å². The molecule has 0 aromatic rings. The molecule has 0 aromatic heterocycles. The number of carbonyl (C=O) groups excluding carboxylic acids is 1. The molecule has 5 nitrogen and oxygen atoms in total. The van der Waals surface area contributed by atoms with Gasteiger partial charge in [-0.25, -0.2) is 4.79 Å². The number of carboxylic acid groups (broad SMARTS) is 1. The number of amides is 2. The summed E-state index contributed by atoms with van der Waals surface area (Å²) in [6.45, 7) is 0.941. The van der Waals surface area contributed by atoms with E-state index >= 15 is 0 Å². The van der Waals surface area contributed by atoms with E-state index in [0.717, 1.165) is 12.3 Å². The van der Waals surface area contributed by atoms with Crippen molar-refractivity contribution in [2.75, 3.05) is 20.1 Å². The van der Waals surface area contributed by atoms with E-state index in [1.807, 2.05) is 0 Å². The van der Waals surface area contributed by atoms with Crippen molar-refractivity contribution >= 4 is 12.0 Å². The maximum atomic E-state index is 11.4. The fourth-order valence-electron chi connectivity index (χ4n) is 1.49. The predicted molar refractivity (Wildman–Crippen MR) is 60.2 cm³/mol. The number of rotatable bonds is 7. The van der Waals surface area contributed by atoms with Gasteiger partial charge in [0.1, 0.15) is 0 Å². The van der Waals surface area contributed by atoms with Crippen LogP contribution >= 0.6 is 0 Å². The zero-order valence-corrected chi connectivity index (χ0v) is 9.74. The topological polar surface area (TPSA) is 69.6 Å². The lowest BCUT2D eigenvalue weighted by molar-refractivity contribution is -0.137. The molecule has 92 valence electrons. The number of nitrogens with zero attached hydrogens (tertiary/aromatic N) is 1. The van der Waals surface area contributed by atoms with Crippen LogP contribution in [0.2, 0.25) is 0 Å². The van der Waals surface area contributed by atoms with E-state index in [-0.39, 0.29) is 19.0 Å². The van der Waals surface area contributed by atoms with Gasteiger partial charge in [-0.1, -0.05) is 12.8 Å². The highest BCUT2D eigenvalue weighted by Gasteiger charge is 2.20. The molecule has 0 heterocycles. The fourth-order valence-corrected chi connectivity index (χ4v) is 1.49. The van der Waals surface area contributed by atoms with E-state index in [2.05, 4.69) is 5.32 Å². The number of aliphatic carboxylic acids is 1. The molecule has 0 aliphatic heterocycles. The van der Waals surface area contributed by atoms with Crippen molar-refractivity contribution in [2.24, 2.45) is 5.92 Å². The summed E-state index contributed by atoms with van der Waals surface area (Å²) in [5.41, 5.74) is 0. The maximum absolute atomic E-state index is 11.4. The second-order valence-electron chi connectivity index (χ2n) is 4.38. The van der Waals surface area contributed by atoms with Gasteiger partial charge in [-0.05, 0) is 18.8 Å². The SMILES string of the molecule is CN(CCC(=O)O)C(=O)NCCCC1CC1. The molecule has 0 radical (unpaired) electrons. The van der Waals surface area contributed by atoms with Crippen LogP contribution in [0, 0.1) is 5.92 Å². The van der Waals surface area contributed by atoms with Gasteiger partial charge in [-0.2, -0.15) is 0 Å². The average Bonchev–Trinajstić information content (AvgIpc) is 3.04. The first-order valence-corrected chi connectivity index (χ1v) is 5.80. The first-order chi connectivity index (χ1) is 7.59. The van der Waals surface area contributed by atoms with Crippen molar-refractivity contribution in [1.82, 2.24) is 10.2 Å². The summed E-state index contributed by atoms with van der Waals surface area (Å²) in [5.74, 6) is 0.00928. The Bertz CT molecular complexity index is 252. The Kier molecular flexibility index (Phi) is 5.08. The molecule has 0 bridgehead atoms. The summed E-state index contributed by atoms with van der Waals surface area (Å²) >= 11 is 0. The van der Waals surface area contributed by atoms with Gasteiger partial charge in [0.2, 0.25) is 0 Å². The monoisotopic (exact) mass is 228 g/mol. The van der Waals surface area contributed by atoms with Crippen molar-refractivity contribution in [3.05, 3.63) is 0 Å². The number of urea groups is 1. The molecule has 0 aromatic carbocycles. The molecule has 2 N–H and O–H groups in total. The van der Waals surface area contributed by atoms with Crippen LogP contribution in [0.15, 0.2) is 0 Å². The minimum Gasteiger partial charge on any atom is -0.481 e. The van der Waals surface area contributed by atoms with E-state index in [4.69, 9.17) is 5.11 Å². The first-order valence-electron chi connectivity index (χ1n) is 5.80. The molecule has 0 atom stereocenters. The summed E-state index contributed by atoms with van der Waals surface area (Å²) in [5, 5.41) is 11.3. The molecule has 1 rings (SSSR count). The number of carbonyl (C=O) groups is 2. The van der Waals surface area contributed by atoms with E-state index in [9.17, 15) is 9.59 Å². The van der Waals surface area contributed by atoms with Gasteiger partial charge in [0.05, 0.1) is 6.42 Å². The van der Waals surface area contributed by atoms with Crippen molar-refractivity contribution in [3.8, 4) is 0 Å². The Hall–Kier alpha value is -1.26. The van der Waals surface area contributed by atoms with E-state index in [1.165, 1.54) is 24.2 Å². The second-order valence-corrected chi connectivity index (χ2v) is 4.38. The Morgan fingerprint density at radius 2 is 2.12 bits per heavy atom. The van der Waals surface area contributed by atoms with Gasteiger partial charge in [0.25, 0.3) is 0 Å². The Labute approximate surface area is 95.8 Å². The van der Waals surface area contributed by atoms with Crippen molar-refractivity contribution < 1.29 is 14.7 Å². The second kappa shape index (κ2) is 6.35. The van der Waals surface area contributed by atoms with Crippen LogP contribution in [-0.4, -0.2) is 42.1 Å². The van der Waals surface area contributed by atoms with E-state index in [0.29, 0.717) is 6.54 Å². The standard InChI is InChI=1S/C11H20N2O3/c1-13(8-6-10(14)15)11(16)12-7-2-3-9-4-5-9/h9H,2-8H2,1H3,(H,12,16)(H,14,15). The van der Waals surface area contributed by atoms with Crippen molar-refractivity contribution in [1.29, 1.82) is 0 Å². The smallest absolute Gasteiger partial charge is 0.317 e. The molecule has 1 fully saturated rings. The minimum absolute atomic E-state index is 0.00794. The molecule has 0 spiro atoms. The number of hydrogen-bond acceptors (Lipinski definition) is 2. The van der Waals surface area contributed by atoms with Gasteiger partial charge < -0.3 is 15.3 Å². The third-order valence-electron chi connectivity index (χ3n) is 2.77. The summed E-state index contributed by atoms with van der Waals surface area (Å²) in [6, 6.07) is -0.183. The zero-order valence-electron chi connectivity index (χ0n) is 9.74. The third kappa shape index (κ3) is 5.58. The van der Waals surface area contributed by atoms with Gasteiger partial charge >= 0.3 is 12.0 Å². The van der Waals surface area contributed by atoms with Crippen LogP contribution in [0.4, 0.5) is 4.79 Å². The van der Waals surface area contributed by atoms with Crippen LogP contribution in [-0.2, 0) is 4.79 Å². The first kappa shape index (κ1) is 12.8. The fraction of sp³-hybridized carbons (Fsp3) is 0.818. The number of carboxylic acids is 1. The Balaban J connectivity index is 2.00. The molecule has 5 heteroatoms. The molecule has 1 aliphatic rings. The zero-order chi connectivity index (χ0) is 12.0. The maximum Gasteiger partial charge on any atom is 0.317 e. The van der Waals surface area contributed by atoms with E-state index in [1.54, 1.807) is 7.05 Å². The van der Waals surface area contributed by atoms with Crippen LogP contribution < -0.4 is 5.32 Å². The van der Waals surface area contributed by atoms with Crippen LogP contribution in [0.3, 0.4) is 0 Å². The molecular formula is C11H20N2O3. The van der Waals surface area contributed by atoms with Gasteiger partial charge in [0, 0.05) is 20.1 Å². The lowest BCUT2D eigenvalue weighted by Crippen LogP contribution is -2.38. The quantitative estimate of drug-likeness (QED) is 0.645. The van der Waals surface area contributed by atoms with Gasteiger partial charge in [0.15, 0.2) is 0 Å². The molecule has 1 aliphatic carbocycles. The van der Waals surface area contributed by atoms with E-state index < -0.39 is 5.97 Å². The van der Waals surface area contributed by atoms with Crippen LogP contribution in [0.25, 0.3) is 0 Å². The molecule has 1 saturated carbocycles. The lowest BCUT2D eigenvalue weighted by Gasteiger charge is -2.16. The Morgan fingerprint density at radius 1 is 1.44 bits per heavy atom. The van der Waals surface area contributed by atoms with Crippen LogP contribution in [0.1, 0.15) is 32.1 Å². The largest absolute Gasteiger partial charge is 0.481 e. The highest BCUT2D eigenvalue weighted by molar-refractivity contribution is 5.74. The molecular weight excluding hydrogens is 208 g/mol. The lowest BCUT2D eigenvalue weighted by atomic mass is 10.2. The number of nitrogens with one attached hydrogen (secondary N) is 1. The van der Waals surface area contributed by atoms with Crippen molar-refractivity contribution in [3.63, 3.8) is 0 Å². The number of hydrogen-bond donors (Lipinski definition) is 2. The minimum atomic E-state index is -0.881. The van der Waals surface area contributed by atoms with Gasteiger partial charge in [-0.15, -0.1) is 0 Å².